The van der Waals surface area contributed by atoms with Gasteiger partial charge in [0.25, 0.3) is 0 Å². The molecule has 0 heterocycles. The molecule has 0 radical (unpaired) electrons. The lowest BCUT2D eigenvalue weighted by Gasteiger charge is -1.94. The summed E-state index contributed by atoms with van der Waals surface area (Å²) in [4.78, 5) is 0. The van der Waals surface area contributed by atoms with E-state index in [1.165, 1.54) is 11.1 Å². The standard InChI is InChI=1S/C9H13N/c1-8-3-2-4-9(7-10)6-5-8/h2-3,5-6H,4,7,10H2,1H3. The summed E-state index contributed by atoms with van der Waals surface area (Å²) < 4.78 is 0. The third-order valence-electron chi connectivity index (χ3n) is 1.60. The van der Waals surface area contributed by atoms with Gasteiger partial charge in [-0.3, -0.25) is 0 Å². The Balaban J connectivity index is 2.74. The number of hydrogen-bond acceptors (Lipinski definition) is 1. The molecule has 1 heteroatoms. The molecule has 0 saturated heterocycles. The van der Waals surface area contributed by atoms with Gasteiger partial charge in [-0.1, -0.05) is 35.5 Å². The highest BCUT2D eigenvalue weighted by Crippen LogP contribution is 2.08. The van der Waals surface area contributed by atoms with Crippen molar-refractivity contribution in [1.82, 2.24) is 0 Å². The second kappa shape index (κ2) is 3.37. The van der Waals surface area contributed by atoms with Gasteiger partial charge in [-0.2, -0.15) is 0 Å². The SMILES string of the molecule is CC1=CC=C(CN)CC=C1. The lowest BCUT2D eigenvalue weighted by molar-refractivity contribution is 1.07. The van der Waals surface area contributed by atoms with Crippen LogP contribution in [0.5, 0.6) is 0 Å². The Hall–Kier alpha value is -0.820. The van der Waals surface area contributed by atoms with Gasteiger partial charge in [0.2, 0.25) is 0 Å². The molecule has 1 nitrogen and oxygen atoms in total. The molecule has 10 heavy (non-hydrogen) atoms. The van der Waals surface area contributed by atoms with E-state index in [9.17, 15) is 0 Å². The molecular weight excluding hydrogens is 122 g/mol. The molecule has 0 saturated carbocycles. The summed E-state index contributed by atoms with van der Waals surface area (Å²) in [6, 6.07) is 0. The van der Waals surface area contributed by atoms with E-state index in [1.807, 2.05) is 0 Å². The molecule has 0 bridgehead atoms. The molecule has 1 aliphatic carbocycles. The minimum atomic E-state index is 0.675. The highest BCUT2D eigenvalue weighted by atomic mass is 14.5. The van der Waals surface area contributed by atoms with Gasteiger partial charge in [0.1, 0.15) is 0 Å². The predicted molar refractivity (Wildman–Crippen MR) is 44.7 cm³/mol. The summed E-state index contributed by atoms with van der Waals surface area (Å²) in [7, 11) is 0. The van der Waals surface area contributed by atoms with Crippen molar-refractivity contribution in [3.05, 3.63) is 35.5 Å². The molecule has 1 aliphatic rings. The van der Waals surface area contributed by atoms with Crippen LogP contribution in [0.25, 0.3) is 0 Å². The molecule has 0 amide bonds. The molecule has 0 aromatic heterocycles. The zero-order valence-electron chi connectivity index (χ0n) is 6.30. The van der Waals surface area contributed by atoms with Crippen molar-refractivity contribution in [2.45, 2.75) is 13.3 Å². The Kier molecular flexibility index (Phi) is 2.46. The average Bonchev–Trinajstić information content (AvgIpc) is 2.14. The lowest BCUT2D eigenvalue weighted by Crippen LogP contribution is -2.01. The first-order valence-electron chi connectivity index (χ1n) is 3.56. The summed E-state index contributed by atoms with van der Waals surface area (Å²) in [6.45, 7) is 2.76. The smallest absolute Gasteiger partial charge is 0.0143 e. The Morgan fingerprint density at radius 3 is 3.00 bits per heavy atom. The Morgan fingerprint density at radius 2 is 2.30 bits per heavy atom. The molecule has 54 valence electrons. The Morgan fingerprint density at radius 1 is 1.50 bits per heavy atom. The molecule has 2 N–H and O–H groups in total. The van der Waals surface area contributed by atoms with E-state index in [-0.39, 0.29) is 0 Å². The van der Waals surface area contributed by atoms with Crippen LogP contribution in [0.2, 0.25) is 0 Å². The van der Waals surface area contributed by atoms with Gasteiger partial charge in [-0.05, 0) is 13.3 Å². The normalized spacial score (nSPS) is 17.8. The summed E-state index contributed by atoms with van der Waals surface area (Å²) >= 11 is 0. The maximum Gasteiger partial charge on any atom is 0.0143 e. The van der Waals surface area contributed by atoms with Crippen molar-refractivity contribution in [2.24, 2.45) is 5.73 Å². The van der Waals surface area contributed by atoms with Gasteiger partial charge in [0, 0.05) is 6.54 Å². The number of allylic oxidation sites excluding steroid dienone is 5. The van der Waals surface area contributed by atoms with E-state index >= 15 is 0 Å². The van der Waals surface area contributed by atoms with Crippen LogP contribution in [-0.2, 0) is 0 Å². The Bertz CT molecular complexity index is 197. The maximum atomic E-state index is 5.49. The average molecular weight is 135 g/mol. The van der Waals surface area contributed by atoms with E-state index < -0.39 is 0 Å². The van der Waals surface area contributed by atoms with Crippen molar-refractivity contribution < 1.29 is 0 Å². The Labute approximate surface area is 61.9 Å². The van der Waals surface area contributed by atoms with Gasteiger partial charge in [0.15, 0.2) is 0 Å². The number of rotatable bonds is 1. The third-order valence-corrected chi connectivity index (χ3v) is 1.60. The fourth-order valence-corrected chi connectivity index (χ4v) is 0.920. The summed E-state index contributed by atoms with van der Waals surface area (Å²) in [5, 5.41) is 0. The first-order valence-corrected chi connectivity index (χ1v) is 3.56. The van der Waals surface area contributed by atoms with E-state index in [1.54, 1.807) is 0 Å². The monoisotopic (exact) mass is 135 g/mol. The van der Waals surface area contributed by atoms with Crippen LogP contribution in [0.1, 0.15) is 13.3 Å². The van der Waals surface area contributed by atoms with Crippen LogP contribution in [0.3, 0.4) is 0 Å². The maximum absolute atomic E-state index is 5.49. The van der Waals surface area contributed by atoms with Crippen molar-refractivity contribution >= 4 is 0 Å². The highest BCUT2D eigenvalue weighted by molar-refractivity contribution is 5.29. The van der Waals surface area contributed by atoms with E-state index in [0.717, 1.165) is 6.42 Å². The first-order chi connectivity index (χ1) is 4.83. The minimum absolute atomic E-state index is 0.675. The topological polar surface area (TPSA) is 26.0 Å². The van der Waals surface area contributed by atoms with Crippen LogP contribution in [-0.4, -0.2) is 6.54 Å². The second-order valence-corrected chi connectivity index (χ2v) is 2.55. The fraction of sp³-hybridized carbons (Fsp3) is 0.333. The van der Waals surface area contributed by atoms with Crippen molar-refractivity contribution in [1.29, 1.82) is 0 Å². The molecule has 1 rings (SSSR count). The summed E-state index contributed by atoms with van der Waals surface area (Å²) in [6.07, 6.45) is 9.49. The van der Waals surface area contributed by atoms with E-state index in [4.69, 9.17) is 5.73 Å². The second-order valence-electron chi connectivity index (χ2n) is 2.55. The zero-order valence-corrected chi connectivity index (χ0v) is 6.30. The van der Waals surface area contributed by atoms with Gasteiger partial charge in [0.05, 0.1) is 0 Å². The quantitative estimate of drug-likeness (QED) is 0.582. The van der Waals surface area contributed by atoms with Gasteiger partial charge in [-0.15, -0.1) is 0 Å². The molecule has 0 aromatic rings. The summed E-state index contributed by atoms with van der Waals surface area (Å²) in [5.74, 6) is 0. The lowest BCUT2D eigenvalue weighted by atomic mass is 10.2. The van der Waals surface area contributed by atoms with Crippen LogP contribution < -0.4 is 5.73 Å². The molecule has 0 fully saturated rings. The van der Waals surface area contributed by atoms with Crippen LogP contribution in [0.15, 0.2) is 35.5 Å². The van der Waals surface area contributed by atoms with Crippen molar-refractivity contribution in [3.63, 3.8) is 0 Å². The fourth-order valence-electron chi connectivity index (χ4n) is 0.920. The zero-order chi connectivity index (χ0) is 7.40. The molecule has 0 unspecified atom stereocenters. The molecule has 0 aromatic carbocycles. The van der Waals surface area contributed by atoms with Crippen LogP contribution in [0, 0.1) is 0 Å². The van der Waals surface area contributed by atoms with Gasteiger partial charge < -0.3 is 5.73 Å². The number of hydrogen-bond donors (Lipinski definition) is 1. The highest BCUT2D eigenvalue weighted by Gasteiger charge is 1.92. The van der Waals surface area contributed by atoms with Crippen molar-refractivity contribution in [2.75, 3.05) is 6.54 Å². The van der Waals surface area contributed by atoms with E-state index in [2.05, 4.69) is 31.2 Å². The summed E-state index contributed by atoms with van der Waals surface area (Å²) in [5.41, 5.74) is 8.08. The predicted octanol–water partition coefficient (Wildman–Crippen LogP) is 1.78. The van der Waals surface area contributed by atoms with Crippen molar-refractivity contribution in [3.8, 4) is 0 Å². The first kappa shape index (κ1) is 7.29. The molecule has 0 atom stereocenters. The van der Waals surface area contributed by atoms with Crippen LogP contribution in [0.4, 0.5) is 0 Å². The third kappa shape index (κ3) is 1.85. The number of nitrogens with two attached hydrogens (primary N) is 1. The minimum Gasteiger partial charge on any atom is -0.327 e. The molecular formula is C9H13N. The largest absolute Gasteiger partial charge is 0.327 e. The van der Waals surface area contributed by atoms with Gasteiger partial charge >= 0.3 is 0 Å². The van der Waals surface area contributed by atoms with Gasteiger partial charge in [-0.25, -0.2) is 0 Å². The molecule has 0 spiro atoms. The molecule has 0 aliphatic heterocycles. The van der Waals surface area contributed by atoms with Crippen LogP contribution >= 0.6 is 0 Å². The van der Waals surface area contributed by atoms with E-state index in [0.29, 0.717) is 6.54 Å².